The summed E-state index contributed by atoms with van der Waals surface area (Å²) in [5, 5.41) is 1.39. The molecular formula is C24H28N2. The van der Waals surface area contributed by atoms with E-state index in [9.17, 15) is 0 Å². The van der Waals surface area contributed by atoms with Crippen LogP contribution >= 0.6 is 0 Å². The summed E-state index contributed by atoms with van der Waals surface area (Å²) in [5.74, 6) is 0.791. The van der Waals surface area contributed by atoms with Crippen LogP contribution in [0.2, 0.25) is 0 Å². The van der Waals surface area contributed by atoms with Crippen molar-refractivity contribution in [1.82, 2.24) is 9.47 Å². The van der Waals surface area contributed by atoms with E-state index in [-0.39, 0.29) is 0 Å². The highest BCUT2D eigenvalue weighted by Crippen LogP contribution is 2.38. The van der Waals surface area contributed by atoms with Gasteiger partial charge in [-0.1, -0.05) is 42.8 Å². The molecule has 2 heterocycles. The standard InChI is InChI=1S/C24H28N2/c1-2-14-25(13-1)16-17-26-15-12-23-22(10-5-11-24(23)26)21-9-4-8-20(18-21)19-6-3-7-19/h4-5,8-12,15,18-19H,1-3,6-7,13-14,16-17H2. The summed E-state index contributed by atoms with van der Waals surface area (Å²) in [6.07, 6.45) is 9.13. The Labute approximate surface area is 156 Å². The zero-order valence-electron chi connectivity index (χ0n) is 15.5. The molecular weight excluding hydrogens is 316 g/mol. The number of rotatable bonds is 5. The summed E-state index contributed by atoms with van der Waals surface area (Å²) >= 11 is 0. The van der Waals surface area contributed by atoms with E-state index in [0.717, 1.165) is 12.5 Å². The maximum atomic E-state index is 2.60. The molecule has 1 saturated carbocycles. The van der Waals surface area contributed by atoms with Gasteiger partial charge in [-0.25, -0.2) is 0 Å². The first-order valence-corrected chi connectivity index (χ1v) is 10.3. The van der Waals surface area contributed by atoms with Crippen LogP contribution in [0.15, 0.2) is 54.7 Å². The van der Waals surface area contributed by atoms with Crippen LogP contribution in [-0.2, 0) is 6.54 Å². The topological polar surface area (TPSA) is 8.17 Å². The predicted molar refractivity (Wildman–Crippen MR) is 110 cm³/mol. The van der Waals surface area contributed by atoms with Crippen molar-refractivity contribution in [1.29, 1.82) is 0 Å². The molecule has 3 aromatic rings. The number of nitrogens with zero attached hydrogens (tertiary/aromatic N) is 2. The number of hydrogen-bond acceptors (Lipinski definition) is 1. The van der Waals surface area contributed by atoms with Crippen LogP contribution in [0, 0.1) is 0 Å². The lowest BCUT2D eigenvalue weighted by Gasteiger charge is -2.26. The molecule has 2 aromatic carbocycles. The molecule has 2 aliphatic rings. The van der Waals surface area contributed by atoms with Gasteiger partial charge in [0.05, 0.1) is 0 Å². The van der Waals surface area contributed by atoms with Gasteiger partial charge in [-0.2, -0.15) is 0 Å². The van der Waals surface area contributed by atoms with Crippen molar-refractivity contribution < 1.29 is 0 Å². The molecule has 5 rings (SSSR count). The van der Waals surface area contributed by atoms with Gasteiger partial charge in [0.1, 0.15) is 0 Å². The van der Waals surface area contributed by atoms with Gasteiger partial charge in [-0.05, 0) is 73.5 Å². The van der Waals surface area contributed by atoms with Gasteiger partial charge in [0.15, 0.2) is 0 Å². The Bertz CT molecular complexity index is 897. The van der Waals surface area contributed by atoms with Crippen LogP contribution in [0.25, 0.3) is 22.0 Å². The molecule has 2 heteroatoms. The summed E-state index contributed by atoms with van der Waals surface area (Å²) < 4.78 is 2.44. The van der Waals surface area contributed by atoms with Crippen LogP contribution in [0.3, 0.4) is 0 Å². The fraction of sp³-hybridized carbons (Fsp3) is 0.417. The SMILES string of the molecule is c1cc(-c2cccc3c2ccn3CCN2CCCC2)cc(C2CCC2)c1. The molecule has 0 N–H and O–H groups in total. The molecule has 0 bridgehead atoms. The van der Waals surface area contributed by atoms with Crippen LogP contribution < -0.4 is 0 Å². The van der Waals surface area contributed by atoms with Crippen molar-refractivity contribution >= 4 is 10.9 Å². The number of likely N-dealkylation sites (tertiary alicyclic amines) is 1. The molecule has 0 spiro atoms. The monoisotopic (exact) mass is 344 g/mol. The first kappa shape index (κ1) is 16.1. The van der Waals surface area contributed by atoms with Crippen LogP contribution in [0.4, 0.5) is 0 Å². The summed E-state index contributed by atoms with van der Waals surface area (Å²) in [4.78, 5) is 2.60. The highest BCUT2D eigenvalue weighted by molar-refractivity contribution is 5.95. The fourth-order valence-electron chi connectivity index (χ4n) is 4.63. The first-order chi connectivity index (χ1) is 12.9. The summed E-state index contributed by atoms with van der Waals surface area (Å²) in [5.41, 5.74) is 5.65. The van der Waals surface area contributed by atoms with Gasteiger partial charge in [-0.15, -0.1) is 0 Å². The smallest absolute Gasteiger partial charge is 0.0486 e. The van der Waals surface area contributed by atoms with E-state index in [4.69, 9.17) is 0 Å². The Morgan fingerprint density at radius 3 is 2.50 bits per heavy atom. The Balaban J connectivity index is 1.45. The van der Waals surface area contributed by atoms with Gasteiger partial charge >= 0.3 is 0 Å². The van der Waals surface area contributed by atoms with Gasteiger partial charge in [-0.3, -0.25) is 0 Å². The number of hydrogen-bond donors (Lipinski definition) is 0. The van der Waals surface area contributed by atoms with Crippen molar-refractivity contribution in [3.63, 3.8) is 0 Å². The number of benzene rings is 2. The molecule has 2 fully saturated rings. The Hall–Kier alpha value is -2.06. The Morgan fingerprint density at radius 2 is 1.69 bits per heavy atom. The van der Waals surface area contributed by atoms with Crippen LogP contribution in [-0.4, -0.2) is 29.1 Å². The van der Waals surface area contributed by atoms with Crippen LogP contribution in [0.1, 0.15) is 43.6 Å². The van der Waals surface area contributed by atoms with E-state index in [0.29, 0.717) is 0 Å². The van der Waals surface area contributed by atoms with Crippen molar-refractivity contribution in [2.24, 2.45) is 0 Å². The van der Waals surface area contributed by atoms with E-state index in [2.05, 4.69) is 64.2 Å². The molecule has 0 atom stereocenters. The quantitative estimate of drug-likeness (QED) is 0.579. The average molecular weight is 345 g/mol. The van der Waals surface area contributed by atoms with E-state index in [1.54, 1.807) is 0 Å². The average Bonchev–Trinajstić information content (AvgIpc) is 3.28. The molecule has 0 amide bonds. The highest BCUT2D eigenvalue weighted by Gasteiger charge is 2.20. The minimum atomic E-state index is 0.791. The maximum absolute atomic E-state index is 2.60. The Morgan fingerprint density at radius 1 is 0.846 bits per heavy atom. The fourth-order valence-corrected chi connectivity index (χ4v) is 4.63. The third kappa shape index (κ3) is 2.97. The normalized spacial score (nSPS) is 18.5. The molecule has 2 nitrogen and oxygen atoms in total. The lowest BCUT2D eigenvalue weighted by Crippen LogP contribution is -2.23. The lowest BCUT2D eigenvalue weighted by molar-refractivity contribution is 0.324. The predicted octanol–water partition coefficient (Wildman–Crippen LogP) is 5.67. The van der Waals surface area contributed by atoms with Crippen molar-refractivity contribution in [3.05, 3.63) is 60.3 Å². The van der Waals surface area contributed by atoms with Crippen molar-refractivity contribution in [2.45, 2.75) is 44.6 Å². The van der Waals surface area contributed by atoms with E-state index >= 15 is 0 Å². The van der Waals surface area contributed by atoms with Gasteiger partial charge in [0.2, 0.25) is 0 Å². The molecule has 134 valence electrons. The summed E-state index contributed by atoms with van der Waals surface area (Å²) in [7, 11) is 0. The molecule has 0 unspecified atom stereocenters. The molecule has 1 aliphatic carbocycles. The number of aromatic nitrogens is 1. The molecule has 0 radical (unpaired) electrons. The van der Waals surface area contributed by atoms with Gasteiger partial charge in [0, 0.05) is 30.2 Å². The first-order valence-electron chi connectivity index (χ1n) is 10.3. The second-order valence-corrected chi connectivity index (χ2v) is 8.05. The summed E-state index contributed by atoms with van der Waals surface area (Å²) in [6, 6.07) is 18.4. The van der Waals surface area contributed by atoms with Gasteiger partial charge < -0.3 is 9.47 Å². The zero-order chi connectivity index (χ0) is 17.3. The van der Waals surface area contributed by atoms with Crippen molar-refractivity contribution in [2.75, 3.05) is 19.6 Å². The largest absolute Gasteiger partial charge is 0.346 e. The number of fused-ring (bicyclic) bond motifs is 1. The summed E-state index contributed by atoms with van der Waals surface area (Å²) in [6.45, 7) is 4.82. The molecule has 26 heavy (non-hydrogen) atoms. The molecule has 1 aliphatic heterocycles. The minimum Gasteiger partial charge on any atom is -0.346 e. The maximum Gasteiger partial charge on any atom is 0.0486 e. The minimum absolute atomic E-state index is 0.791. The highest BCUT2D eigenvalue weighted by atomic mass is 15.2. The third-order valence-corrected chi connectivity index (χ3v) is 6.44. The van der Waals surface area contributed by atoms with E-state index in [1.807, 2.05) is 0 Å². The zero-order valence-corrected chi connectivity index (χ0v) is 15.5. The van der Waals surface area contributed by atoms with Gasteiger partial charge in [0.25, 0.3) is 0 Å². The van der Waals surface area contributed by atoms with Crippen LogP contribution in [0.5, 0.6) is 0 Å². The molecule has 1 aromatic heterocycles. The Kier molecular flexibility index (Phi) is 4.30. The van der Waals surface area contributed by atoms with E-state index in [1.165, 1.54) is 79.3 Å². The second kappa shape index (κ2) is 6.92. The lowest BCUT2D eigenvalue weighted by atomic mass is 9.79. The third-order valence-electron chi connectivity index (χ3n) is 6.44. The second-order valence-electron chi connectivity index (χ2n) is 8.05. The van der Waals surface area contributed by atoms with Crippen molar-refractivity contribution in [3.8, 4) is 11.1 Å². The molecule has 1 saturated heterocycles. The van der Waals surface area contributed by atoms with E-state index < -0.39 is 0 Å².